The number of hydrogen-bond donors (Lipinski definition) is 4. The number of urea groups is 1. The van der Waals surface area contributed by atoms with Gasteiger partial charge in [0.1, 0.15) is 0 Å². The van der Waals surface area contributed by atoms with Gasteiger partial charge in [-0.15, -0.1) is 0 Å². The molecular weight excluding hydrogens is 675 g/mol. The highest BCUT2D eigenvalue weighted by Crippen LogP contribution is 2.34. The Hall–Kier alpha value is -4.61. The number of aliphatic carboxylic acids is 1. The first-order valence-electron chi connectivity index (χ1n) is 14.4. The molecule has 2 aliphatic rings. The van der Waals surface area contributed by atoms with Crippen LogP contribution in [0, 0.1) is 0 Å². The Balaban J connectivity index is 0.000000671. The maximum Gasteiger partial charge on any atom is 0.490 e. The monoisotopic (exact) mass is 707 g/mol. The molecule has 4 amide bonds. The highest BCUT2D eigenvalue weighted by atomic mass is 32.2. The van der Waals surface area contributed by atoms with E-state index in [-0.39, 0.29) is 23.3 Å². The number of benzene rings is 3. The van der Waals surface area contributed by atoms with Crippen molar-refractivity contribution in [2.45, 2.75) is 36.0 Å². The van der Waals surface area contributed by atoms with Crippen molar-refractivity contribution in [3.63, 3.8) is 0 Å². The van der Waals surface area contributed by atoms with E-state index in [4.69, 9.17) is 15.6 Å². The normalized spacial score (nSPS) is 16.4. The summed E-state index contributed by atoms with van der Waals surface area (Å²) in [5, 5.41) is 12.6. The molecule has 5 N–H and O–H groups in total. The average Bonchev–Trinajstić information content (AvgIpc) is 3.67. The number of rotatable bonds is 9. The third kappa shape index (κ3) is 8.45. The molecule has 0 unspecified atom stereocenters. The van der Waals surface area contributed by atoms with Gasteiger partial charge in [0, 0.05) is 23.5 Å². The van der Waals surface area contributed by atoms with Gasteiger partial charge in [0.2, 0.25) is 5.91 Å². The largest absolute Gasteiger partial charge is 0.490 e. The minimum atomic E-state index is -5.08. The molecule has 256 valence electrons. The van der Waals surface area contributed by atoms with E-state index in [1.165, 1.54) is 6.07 Å². The number of hydrogen-bond acceptors (Lipinski definition) is 8. The summed E-state index contributed by atoms with van der Waals surface area (Å²) in [6.45, 7) is 0.383. The summed E-state index contributed by atoms with van der Waals surface area (Å²) in [6.07, 6.45) is -2.08. The summed E-state index contributed by atoms with van der Waals surface area (Å²) in [4.78, 5) is 48.7. The molecule has 1 fully saturated rings. The van der Waals surface area contributed by atoms with Crippen molar-refractivity contribution in [2.75, 3.05) is 35.3 Å². The number of fused-ring (bicyclic) bond motifs is 1. The van der Waals surface area contributed by atoms with E-state index in [0.717, 1.165) is 15.6 Å². The van der Waals surface area contributed by atoms with E-state index in [9.17, 15) is 36.0 Å². The van der Waals surface area contributed by atoms with Gasteiger partial charge in [-0.1, -0.05) is 30.3 Å². The van der Waals surface area contributed by atoms with E-state index in [0.29, 0.717) is 41.9 Å². The molecule has 2 aliphatic heterocycles. The molecule has 2 atom stereocenters. The summed E-state index contributed by atoms with van der Waals surface area (Å²) in [6, 6.07) is 18.7. The highest BCUT2D eigenvalue weighted by molar-refractivity contribution is 7.98. The van der Waals surface area contributed by atoms with Crippen molar-refractivity contribution in [3.8, 4) is 0 Å². The third-order valence-electron chi connectivity index (χ3n) is 7.47. The van der Waals surface area contributed by atoms with Crippen molar-refractivity contribution >= 4 is 57.0 Å². The summed E-state index contributed by atoms with van der Waals surface area (Å²) in [7, 11) is -4.09. The SMILES string of the molecule is CSCC[C@H](N)C(=O)Nc1ccc(C(=O)N2CCc3cc(S(=O)(=O)N4C[C@H](c5ccccc5)NC4=O)ccc32)cc1.O=C(O)C(F)(F)F. The average molecular weight is 708 g/mol. The molecule has 5 rings (SSSR count). The fraction of sp³-hybridized carbons (Fsp3) is 0.290. The Kier molecular flexibility index (Phi) is 11.4. The second-order valence-electron chi connectivity index (χ2n) is 10.7. The second-order valence-corrected chi connectivity index (χ2v) is 13.6. The van der Waals surface area contributed by atoms with Crippen molar-refractivity contribution in [1.29, 1.82) is 0 Å². The molecular formula is C31H32F3N5O7S2. The van der Waals surface area contributed by atoms with Crippen LogP contribution >= 0.6 is 11.8 Å². The van der Waals surface area contributed by atoms with Crippen LogP contribution in [0.1, 0.15) is 33.9 Å². The molecule has 3 aromatic carbocycles. The molecule has 0 aromatic heterocycles. The van der Waals surface area contributed by atoms with Gasteiger partial charge in [0.15, 0.2) is 0 Å². The van der Waals surface area contributed by atoms with Gasteiger partial charge in [-0.25, -0.2) is 22.3 Å². The van der Waals surface area contributed by atoms with Crippen LogP contribution in [0.3, 0.4) is 0 Å². The minimum Gasteiger partial charge on any atom is -0.475 e. The number of nitrogens with zero attached hydrogens (tertiary/aromatic N) is 2. The molecule has 2 heterocycles. The minimum absolute atomic E-state index is 0.00486. The first-order valence-corrected chi connectivity index (χ1v) is 17.3. The summed E-state index contributed by atoms with van der Waals surface area (Å²) < 4.78 is 59.4. The Labute approximate surface area is 278 Å². The van der Waals surface area contributed by atoms with Crippen LogP contribution in [0.15, 0.2) is 77.7 Å². The van der Waals surface area contributed by atoms with Gasteiger partial charge in [-0.3, -0.25) is 9.59 Å². The number of carboxylic acids is 1. The smallest absolute Gasteiger partial charge is 0.475 e. The number of nitrogens with two attached hydrogens (primary N) is 1. The fourth-order valence-electron chi connectivity index (χ4n) is 4.94. The molecule has 17 heteroatoms. The van der Waals surface area contributed by atoms with Crippen molar-refractivity contribution < 1.29 is 45.9 Å². The number of carbonyl (C=O) groups is 4. The number of anilines is 2. The predicted octanol–water partition coefficient (Wildman–Crippen LogP) is 4.00. The van der Waals surface area contributed by atoms with Gasteiger partial charge in [0.25, 0.3) is 15.9 Å². The Morgan fingerprint density at radius 3 is 2.33 bits per heavy atom. The van der Waals surface area contributed by atoms with Gasteiger partial charge in [0.05, 0.1) is 23.5 Å². The molecule has 0 aliphatic carbocycles. The zero-order valence-corrected chi connectivity index (χ0v) is 27.1. The van der Waals surface area contributed by atoms with E-state index < -0.39 is 40.3 Å². The van der Waals surface area contributed by atoms with Crippen LogP contribution in [0.5, 0.6) is 0 Å². The summed E-state index contributed by atoms with van der Waals surface area (Å²) >= 11 is 1.62. The molecule has 0 spiro atoms. The van der Waals surface area contributed by atoms with E-state index in [1.54, 1.807) is 53.1 Å². The highest BCUT2D eigenvalue weighted by Gasteiger charge is 2.40. The maximum atomic E-state index is 13.4. The molecule has 3 aromatic rings. The van der Waals surface area contributed by atoms with Gasteiger partial charge in [-0.2, -0.15) is 24.9 Å². The second kappa shape index (κ2) is 15.1. The van der Waals surface area contributed by atoms with Crippen molar-refractivity contribution in [2.24, 2.45) is 5.73 Å². The Morgan fingerprint density at radius 1 is 1.08 bits per heavy atom. The molecule has 0 saturated carbocycles. The standard InChI is InChI=1S/C29H31N5O5S2.C2HF3O2/c1-40-16-14-24(30)27(35)31-22-9-7-20(8-10-22)28(36)33-15-13-21-17-23(11-12-26(21)33)41(38,39)34-18-25(32-29(34)37)19-5-3-2-4-6-19;3-2(4,5)1(6)7/h2-12,17,24-25H,13-16,18,30H2,1H3,(H,31,35)(H,32,37);(H,6,7)/t24-,25+;/m0./s1. The van der Waals surface area contributed by atoms with Crippen LogP contribution < -0.4 is 21.3 Å². The van der Waals surface area contributed by atoms with Gasteiger partial charge < -0.3 is 26.4 Å². The predicted molar refractivity (Wildman–Crippen MR) is 173 cm³/mol. The van der Waals surface area contributed by atoms with E-state index >= 15 is 0 Å². The quantitative estimate of drug-likeness (QED) is 0.256. The zero-order chi connectivity index (χ0) is 35.2. The molecule has 12 nitrogen and oxygen atoms in total. The number of halogens is 3. The van der Waals surface area contributed by atoms with Crippen LogP contribution in [0.25, 0.3) is 0 Å². The number of sulfonamides is 1. The van der Waals surface area contributed by atoms with Crippen LogP contribution in [0.2, 0.25) is 0 Å². The number of nitrogens with one attached hydrogen (secondary N) is 2. The maximum absolute atomic E-state index is 13.4. The van der Waals surface area contributed by atoms with Gasteiger partial charge >= 0.3 is 18.2 Å². The lowest BCUT2D eigenvalue weighted by Gasteiger charge is -2.19. The van der Waals surface area contributed by atoms with Crippen LogP contribution in [-0.4, -0.2) is 79.0 Å². The van der Waals surface area contributed by atoms with Crippen molar-refractivity contribution in [3.05, 3.63) is 89.5 Å². The summed E-state index contributed by atoms with van der Waals surface area (Å²) in [5.41, 5.74) is 9.06. The first kappa shape index (κ1) is 36.2. The Bertz CT molecular complexity index is 1780. The zero-order valence-electron chi connectivity index (χ0n) is 25.4. The van der Waals surface area contributed by atoms with E-state index in [1.807, 2.05) is 36.6 Å². The topological polar surface area (TPSA) is 179 Å². The lowest BCUT2D eigenvalue weighted by molar-refractivity contribution is -0.192. The Morgan fingerprint density at radius 2 is 1.73 bits per heavy atom. The number of carbonyl (C=O) groups excluding carboxylic acids is 3. The summed E-state index contributed by atoms with van der Waals surface area (Å²) in [5.74, 6) is -2.49. The molecule has 0 bridgehead atoms. The van der Waals surface area contributed by atoms with Crippen molar-refractivity contribution in [1.82, 2.24) is 9.62 Å². The number of carboxylic acid groups (broad SMARTS) is 1. The number of amides is 4. The lowest BCUT2D eigenvalue weighted by Crippen LogP contribution is -2.36. The number of thioether (sulfide) groups is 1. The number of alkyl halides is 3. The van der Waals surface area contributed by atoms with Gasteiger partial charge in [-0.05, 0) is 78.4 Å². The first-order chi connectivity index (χ1) is 22.6. The van der Waals surface area contributed by atoms with E-state index in [2.05, 4.69) is 10.6 Å². The van der Waals surface area contributed by atoms with Crippen LogP contribution in [-0.2, 0) is 26.0 Å². The molecule has 1 saturated heterocycles. The molecule has 48 heavy (non-hydrogen) atoms. The fourth-order valence-corrected chi connectivity index (χ4v) is 6.83. The molecule has 0 radical (unpaired) electrons. The van der Waals surface area contributed by atoms with Crippen LogP contribution in [0.4, 0.5) is 29.3 Å². The third-order valence-corrected chi connectivity index (χ3v) is 9.85. The lowest BCUT2D eigenvalue weighted by atomic mass is 10.1.